The fraction of sp³-hybridized carbons (Fsp3) is 0.389. The van der Waals surface area contributed by atoms with Crippen LogP contribution in [0.25, 0.3) is 4.96 Å². The molecule has 0 bridgehead atoms. The molecule has 0 radical (unpaired) electrons. The van der Waals surface area contributed by atoms with Crippen LogP contribution >= 0.6 is 11.3 Å². The van der Waals surface area contributed by atoms with Gasteiger partial charge in [0, 0.05) is 36.9 Å². The van der Waals surface area contributed by atoms with Gasteiger partial charge in [0.25, 0.3) is 0 Å². The topological polar surface area (TPSA) is 40.8 Å². The lowest BCUT2D eigenvalue weighted by Crippen LogP contribution is -2.38. The molecule has 2 heterocycles. The molecule has 1 atom stereocenters. The molecule has 5 heteroatoms. The van der Waals surface area contributed by atoms with Crippen molar-refractivity contribution < 1.29 is 5.11 Å². The fourth-order valence-corrected chi connectivity index (χ4v) is 3.93. The van der Waals surface area contributed by atoms with E-state index < -0.39 is 0 Å². The van der Waals surface area contributed by atoms with E-state index in [1.165, 1.54) is 18.4 Å². The molecule has 1 fully saturated rings. The summed E-state index contributed by atoms with van der Waals surface area (Å²) < 4.78 is 2.08. The lowest BCUT2D eigenvalue weighted by Gasteiger charge is -2.30. The lowest BCUT2D eigenvalue weighted by atomic mass is 10.1. The number of thiazole rings is 1. The Morgan fingerprint density at radius 3 is 2.78 bits per heavy atom. The Morgan fingerprint density at radius 2 is 2.09 bits per heavy atom. The predicted octanol–water partition coefficient (Wildman–Crippen LogP) is 3.17. The average Bonchev–Trinajstić information content (AvgIpc) is 3.17. The van der Waals surface area contributed by atoms with Gasteiger partial charge in [-0.3, -0.25) is 9.30 Å². The lowest BCUT2D eigenvalue weighted by molar-refractivity contribution is 0.0935. The van der Waals surface area contributed by atoms with Gasteiger partial charge in [-0.15, -0.1) is 11.3 Å². The third kappa shape index (κ3) is 3.32. The Labute approximate surface area is 140 Å². The average molecular weight is 327 g/mol. The third-order valence-corrected chi connectivity index (χ3v) is 5.33. The van der Waals surface area contributed by atoms with Crippen molar-refractivity contribution in [1.29, 1.82) is 0 Å². The van der Waals surface area contributed by atoms with Gasteiger partial charge in [0.1, 0.15) is 0 Å². The molecule has 1 aliphatic rings. The zero-order valence-corrected chi connectivity index (χ0v) is 13.8. The SMILES string of the molecule is OCC(C1CC1)N(Cc1ccccc1)Cc1cn2ccsc2n1. The maximum atomic E-state index is 9.90. The molecule has 1 aliphatic carbocycles. The summed E-state index contributed by atoms with van der Waals surface area (Å²) in [5.41, 5.74) is 2.36. The van der Waals surface area contributed by atoms with Gasteiger partial charge in [0.05, 0.1) is 12.3 Å². The highest BCUT2D eigenvalue weighted by molar-refractivity contribution is 7.15. The summed E-state index contributed by atoms with van der Waals surface area (Å²) >= 11 is 1.66. The van der Waals surface area contributed by atoms with Crippen molar-refractivity contribution in [2.45, 2.75) is 32.0 Å². The van der Waals surface area contributed by atoms with Gasteiger partial charge in [-0.05, 0) is 24.3 Å². The first kappa shape index (κ1) is 14.9. The van der Waals surface area contributed by atoms with Crippen LogP contribution < -0.4 is 0 Å². The highest BCUT2D eigenvalue weighted by Gasteiger charge is 2.35. The van der Waals surface area contributed by atoms with Gasteiger partial charge in [0.15, 0.2) is 4.96 Å². The van der Waals surface area contributed by atoms with E-state index in [9.17, 15) is 5.11 Å². The van der Waals surface area contributed by atoms with Crippen molar-refractivity contribution in [2.24, 2.45) is 5.92 Å². The maximum absolute atomic E-state index is 9.90. The van der Waals surface area contributed by atoms with E-state index in [0.717, 1.165) is 23.7 Å². The van der Waals surface area contributed by atoms with Crippen molar-refractivity contribution in [3.8, 4) is 0 Å². The van der Waals surface area contributed by atoms with E-state index in [1.54, 1.807) is 11.3 Å². The molecule has 120 valence electrons. The van der Waals surface area contributed by atoms with Crippen molar-refractivity contribution in [3.05, 3.63) is 59.4 Å². The number of nitrogens with zero attached hydrogens (tertiary/aromatic N) is 3. The highest BCUT2D eigenvalue weighted by Crippen LogP contribution is 2.36. The Hall–Kier alpha value is -1.69. The molecule has 4 nitrogen and oxygen atoms in total. The third-order valence-electron chi connectivity index (χ3n) is 4.56. The fourth-order valence-electron chi connectivity index (χ4n) is 3.21. The van der Waals surface area contributed by atoms with Crippen LogP contribution in [0.3, 0.4) is 0 Å². The van der Waals surface area contributed by atoms with E-state index in [2.05, 4.69) is 45.1 Å². The van der Waals surface area contributed by atoms with E-state index in [-0.39, 0.29) is 12.6 Å². The number of rotatable bonds is 7. The second kappa shape index (κ2) is 6.43. The van der Waals surface area contributed by atoms with Crippen LogP contribution in [-0.4, -0.2) is 32.0 Å². The number of imidazole rings is 1. The number of hydrogen-bond acceptors (Lipinski definition) is 4. The molecular weight excluding hydrogens is 306 g/mol. The van der Waals surface area contributed by atoms with Gasteiger partial charge >= 0.3 is 0 Å². The van der Waals surface area contributed by atoms with Gasteiger partial charge in [-0.1, -0.05) is 30.3 Å². The van der Waals surface area contributed by atoms with Crippen LogP contribution in [0, 0.1) is 5.92 Å². The van der Waals surface area contributed by atoms with Crippen molar-refractivity contribution in [2.75, 3.05) is 6.61 Å². The van der Waals surface area contributed by atoms with E-state index in [4.69, 9.17) is 4.98 Å². The number of hydrogen-bond donors (Lipinski definition) is 1. The molecule has 23 heavy (non-hydrogen) atoms. The second-order valence-electron chi connectivity index (χ2n) is 6.30. The van der Waals surface area contributed by atoms with Crippen molar-refractivity contribution in [1.82, 2.24) is 14.3 Å². The summed E-state index contributed by atoms with van der Waals surface area (Å²) in [4.78, 5) is 8.13. The second-order valence-corrected chi connectivity index (χ2v) is 7.18. The minimum absolute atomic E-state index is 0.222. The number of aliphatic hydroxyl groups is 1. The molecule has 1 N–H and O–H groups in total. The Bertz CT molecular complexity index is 734. The molecule has 1 aromatic carbocycles. The van der Waals surface area contributed by atoms with Gasteiger partial charge in [-0.2, -0.15) is 0 Å². The van der Waals surface area contributed by atoms with Crippen LogP contribution in [0.5, 0.6) is 0 Å². The number of aromatic nitrogens is 2. The molecule has 1 unspecified atom stereocenters. The predicted molar refractivity (Wildman–Crippen MR) is 92.4 cm³/mol. The normalized spacial score (nSPS) is 16.3. The zero-order chi connectivity index (χ0) is 15.6. The molecular formula is C18H21N3OS. The minimum Gasteiger partial charge on any atom is -0.395 e. The van der Waals surface area contributed by atoms with E-state index >= 15 is 0 Å². The number of benzene rings is 1. The van der Waals surface area contributed by atoms with Crippen molar-refractivity contribution >= 4 is 16.3 Å². The zero-order valence-electron chi connectivity index (χ0n) is 13.0. The van der Waals surface area contributed by atoms with Crippen LogP contribution in [0.2, 0.25) is 0 Å². The summed E-state index contributed by atoms with van der Waals surface area (Å²) in [5.74, 6) is 0.632. The summed E-state index contributed by atoms with van der Waals surface area (Å²) in [6.07, 6.45) is 6.61. The Balaban J connectivity index is 1.57. The Kier molecular flexibility index (Phi) is 4.16. The van der Waals surface area contributed by atoms with Crippen molar-refractivity contribution in [3.63, 3.8) is 0 Å². The monoisotopic (exact) mass is 327 g/mol. The van der Waals surface area contributed by atoms with Gasteiger partial charge < -0.3 is 5.11 Å². The molecule has 1 saturated carbocycles. The largest absolute Gasteiger partial charge is 0.395 e. The first-order valence-corrected chi connectivity index (χ1v) is 9.01. The Morgan fingerprint density at radius 1 is 1.26 bits per heavy atom. The highest BCUT2D eigenvalue weighted by atomic mass is 32.1. The first-order chi connectivity index (χ1) is 11.3. The molecule has 3 aromatic rings. The number of fused-ring (bicyclic) bond motifs is 1. The molecule has 0 saturated heterocycles. The molecule has 0 spiro atoms. The smallest absolute Gasteiger partial charge is 0.193 e. The molecule has 0 amide bonds. The van der Waals surface area contributed by atoms with E-state index in [1.807, 2.05) is 12.3 Å². The van der Waals surface area contributed by atoms with Crippen LogP contribution in [0.1, 0.15) is 24.1 Å². The summed E-state index contributed by atoms with van der Waals surface area (Å²) in [7, 11) is 0. The molecule has 0 aliphatic heterocycles. The molecule has 4 rings (SSSR count). The maximum Gasteiger partial charge on any atom is 0.193 e. The summed E-state index contributed by atoms with van der Waals surface area (Å²) in [5, 5.41) is 11.9. The summed E-state index contributed by atoms with van der Waals surface area (Å²) in [6.45, 7) is 1.86. The van der Waals surface area contributed by atoms with Crippen LogP contribution in [0.4, 0.5) is 0 Å². The van der Waals surface area contributed by atoms with E-state index in [0.29, 0.717) is 5.92 Å². The van der Waals surface area contributed by atoms with Crippen LogP contribution in [-0.2, 0) is 13.1 Å². The summed E-state index contributed by atoms with van der Waals surface area (Å²) in [6, 6.07) is 10.7. The minimum atomic E-state index is 0.222. The standard InChI is InChI=1S/C18H21N3OS/c22-13-17(15-6-7-15)21(10-14-4-2-1-3-5-14)12-16-11-20-8-9-23-18(20)19-16/h1-5,8-9,11,15,17,22H,6-7,10,12-13H2. The quantitative estimate of drug-likeness (QED) is 0.725. The van der Waals surface area contributed by atoms with Gasteiger partial charge in [0.2, 0.25) is 0 Å². The molecule has 2 aromatic heterocycles. The number of aliphatic hydroxyl groups excluding tert-OH is 1. The first-order valence-electron chi connectivity index (χ1n) is 8.13. The van der Waals surface area contributed by atoms with Crippen LogP contribution in [0.15, 0.2) is 48.1 Å². The van der Waals surface area contributed by atoms with Gasteiger partial charge in [-0.25, -0.2) is 4.98 Å².